The molecule has 0 heterocycles. The Bertz CT molecular complexity index is 263. The molecule has 2 N–H and O–H groups in total. The van der Waals surface area contributed by atoms with Crippen molar-refractivity contribution in [1.82, 2.24) is 4.31 Å². The lowest BCUT2D eigenvalue weighted by atomic mass is 10.7. The van der Waals surface area contributed by atoms with Gasteiger partial charge in [-0.1, -0.05) is 12.2 Å². The number of hydrogen-bond donors (Lipinski definition) is 1. The standard InChI is InChI=1S/C6H14N2O3S2/c1-8(3-4-11-2)13(9,10)5-6(7)12/h3-5H2,1-2H3,(H2,7,12). The van der Waals surface area contributed by atoms with Crippen LogP contribution >= 0.6 is 12.2 Å². The molecule has 5 nitrogen and oxygen atoms in total. The molecule has 0 bridgehead atoms. The molecule has 0 rings (SSSR count). The van der Waals surface area contributed by atoms with Crippen LogP contribution in [0, 0.1) is 0 Å². The minimum absolute atomic E-state index is 0.0238. The Morgan fingerprint density at radius 2 is 2.15 bits per heavy atom. The van der Waals surface area contributed by atoms with Crippen LogP contribution in [0.2, 0.25) is 0 Å². The molecule has 0 aromatic carbocycles. The van der Waals surface area contributed by atoms with Crippen molar-refractivity contribution in [3.05, 3.63) is 0 Å². The lowest BCUT2D eigenvalue weighted by molar-refractivity contribution is 0.185. The van der Waals surface area contributed by atoms with Gasteiger partial charge < -0.3 is 10.5 Å². The first-order valence-corrected chi connectivity index (χ1v) is 5.63. The van der Waals surface area contributed by atoms with Crippen molar-refractivity contribution in [1.29, 1.82) is 0 Å². The fourth-order valence-corrected chi connectivity index (χ4v) is 2.03. The van der Waals surface area contributed by atoms with Crippen molar-refractivity contribution >= 4 is 27.2 Å². The van der Waals surface area contributed by atoms with Crippen LogP contribution in [0.1, 0.15) is 0 Å². The molecule has 0 fully saturated rings. The first-order chi connectivity index (χ1) is 5.90. The van der Waals surface area contributed by atoms with Gasteiger partial charge in [-0.25, -0.2) is 12.7 Å². The van der Waals surface area contributed by atoms with E-state index in [0.717, 1.165) is 0 Å². The first kappa shape index (κ1) is 12.8. The highest BCUT2D eigenvalue weighted by Crippen LogP contribution is 1.97. The number of nitrogens with zero attached hydrogens (tertiary/aromatic N) is 1. The van der Waals surface area contributed by atoms with E-state index in [-0.39, 0.29) is 10.7 Å². The predicted molar refractivity (Wildman–Crippen MR) is 55.1 cm³/mol. The molecule has 0 spiro atoms. The molecule has 0 radical (unpaired) electrons. The summed E-state index contributed by atoms with van der Waals surface area (Å²) >= 11 is 4.52. The lowest BCUT2D eigenvalue weighted by Gasteiger charge is -2.15. The van der Waals surface area contributed by atoms with E-state index in [1.165, 1.54) is 18.5 Å². The fourth-order valence-electron chi connectivity index (χ4n) is 0.649. The molecule has 0 amide bonds. The fraction of sp³-hybridized carbons (Fsp3) is 0.833. The highest BCUT2D eigenvalue weighted by molar-refractivity contribution is 7.92. The molecule has 13 heavy (non-hydrogen) atoms. The minimum atomic E-state index is -3.34. The van der Waals surface area contributed by atoms with E-state index < -0.39 is 10.0 Å². The second kappa shape index (κ2) is 5.48. The van der Waals surface area contributed by atoms with Crippen molar-refractivity contribution in [2.75, 3.05) is 33.1 Å². The minimum Gasteiger partial charge on any atom is -0.392 e. The number of rotatable bonds is 6. The Labute approximate surface area is 83.9 Å². The summed E-state index contributed by atoms with van der Waals surface area (Å²) in [5.74, 6) is -0.289. The van der Waals surface area contributed by atoms with E-state index in [1.807, 2.05) is 0 Å². The van der Waals surface area contributed by atoms with Crippen molar-refractivity contribution in [2.45, 2.75) is 0 Å². The van der Waals surface area contributed by atoms with Gasteiger partial charge in [-0.2, -0.15) is 0 Å². The zero-order valence-electron chi connectivity index (χ0n) is 7.69. The van der Waals surface area contributed by atoms with Crippen LogP contribution < -0.4 is 5.73 Å². The van der Waals surface area contributed by atoms with Gasteiger partial charge in [-0.3, -0.25) is 0 Å². The third-order valence-electron chi connectivity index (χ3n) is 1.41. The largest absolute Gasteiger partial charge is 0.392 e. The zero-order chi connectivity index (χ0) is 10.5. The summed E-state index contributed by atoms with van der Waals surface area (Å²) in [6.45, 7) is 0.661. The van der Waals surface area contributed by atoms with E-state index in [0.29, 0.717) is 13.2 Å². The summed E-state index contributed by atoms with van der Waals surface area (Å²) in [6, 6.07) is 0. The van der Waals surface area contributed by atoms with Gasteiger partial charge in [0.25, 0.3) is 0 Å². The summed E-state index contributed by atoms with van der Waals surface area (Å²) in [5, 5.41) is 0. The normalized spacial score (nSPS) is 11.9. The third kappa shape index (κ3) is 5.14. The maximum atomic E-state index is 11.3. The number of methoxy groups -OCH3 is 1. The highest BCUT2D eigenvalue weighted by Gasteiger charge is 2.17. The van der Waals surface area contributed by atoms with Gasteiger partial charge in [-0.05, 0) is 0 Å². The highest BCUT2D eigenvalue weighted by atomic mass is 32.2. The summed E-state index contributed by atoms with van der Waals surface area (Å²) < 4.78 is 28.6. The number of likely N-dealkylation sites (N-methyl/N-ethyl adjacent to an activating group) is 1. The van der Waals surface area contributed by atoms with E-state index in [1.54, 1.807) is 0 Å². The van der Waals surface area contributed by atoms with E-state index >= 15 is 0 Å². The van der Waals surface area contributed by atoms with Crippen molar-refractivity contribution in [2.24, 2.45) is 5.73 Å². The molecule has 0 aliphatic carbocycles. The maximum Gasteiger partial charge on any atom is 0.220 e. The summed E-state index contributed by atoms with van der Waals surface area (Å²) in [4.78, 5) is -0.0238. The van der Waals surface area contributed by atoms with Crippen molar-refractivity contribution < 1.29 is 13.2 Å². The monoisotopic (exact) mass is 226 g/mol. The van der Waals surface area contributed by atoms with E-state index in [2.05, 4.69) is 12.2 Å². The number of ether oxygens (including phenoxy) is 1. The van der Waals surface area contributed by atoms with Crippen LogP contribution in [-0.4, -0.2) is 50.8 Å². The zero-order valence-corrected chi connectivity index (χ0v) is 9.32. The molecule has 0 aromatic rings. The second-order valence-electron chi connectivity index (χ2n) is 2.54. The Morgan fingerprint density at radius 3 is 2.54 bits per heavy atom. The molecule has 0 unspecified atom stereocenters. The van der Waals surface area contributed by atoms with Gasteiger partial charge in [0, 0.05) is 20.7 Å². The van der Waals surface area contributed by atoms with Gasteiger partial charge in [0.2, 0.25) is 10.0 Å². The average Bonchev–Trinajstić information content (AvgIpc) is 1.97. The number of hydrogen-bond acceptors (Lipinski definition) is 4. The summed E-state index contributed by atoms with van der Waals surface area (Å²) in [5.41, 5.74) is 5.14. The molecule has 0 atom stereocenters. The van der Waals surface area contributed by atoms with Gasteiger partial charge in [0.05, 0.1) is 11.6 Å². The first-order valence-electron chi connectivity index (χ1n) is 3.61. The SMILES string of the molecule is COCCN(C)S(=O)(=O)CC(N)=S. The third-order valence-corrected chi connectivity index (χ3v) is 3.55. The van der Waals surface area contributed by atoms with Crippen LogP contribution in [0.15, 0.2) is 0 Å². The predicted octanol–water partition coefficient (Wildman–Crippen LogP) is -0.819. The number of thiocarbonyl (C=S) groups is 1. The molecule has 0 aliphatic heterocycles. The Balaban J connectivity index is 4.20. The van der Waals surface area contributed by atoms with E-state index in [4.69, 9.17) is 10.5 Å². The average molecular weight is 226 g/mol. The smallest absolute Gasteiger partial charge is 0.220 e. The Kier molecular flexibility index (Phi) is 5.38. The van der Waals surface area contributed by atoms with Crippen LogP contribution in [0.4, 0.5) is 0 Å². The Morgan fingerprint density at radius 1 is 1.62 bits per heavy atom. The molecular weight excluding hydrogens is 212 g/mol. The number of sulfonamides is 1. The molecule has 0 aliphatic rings. The van der Waals surface area contributed by atoms with Gasteiger partial charge in [0.15, 0.2) is 0 Å². The van der Waals surface area contributed by atoms with Gasteiger partial charge >= 0.3 is 0 Å². The van der Waals surface area contributed by atoms with Gasteiger partial charge in [0.1, 0.15) is 5.75 Å². The van der Waals surface area contributed by atoms with E-state index in [9.17, 15) is 8.42 Å². The molecule has 78 valence electrons. The topological polar surface area (TPSA) is 72.6 Å². The van der Waals surface area contributed by atoms with Crippen LogP contribution in [-0.2, 0) is 14.8 Å². The molecule has 0 aromatic heterocycles. The molecular formula is C6H14N2O3S2. The van der Waals surface area contributed by atoms with Crippen LogP contribution in [0.25, 0.3) is 0 Å². The number of nitrogens with two attached hydrogens (primary N) is 1. The van der Waals surface area contributed by atoms with Crippen molar-refractivity contribution in [3.8, 4) is 0 Å². The van der Waals surface area contributed by atoms with Gasteiger partial charge in [-0.15, -0.1) is 0 Å². The van der Waals surface area contributed by atoms with Crippen LogP contribution in [0.5, 0.6) is 0 Å². The van der Waals surface area contributed by atoms with Crippen LogP contribution in [0.3, 0.4) is 0 Å². The summed E-state index contributed by atoms with van der Waals surface area (Å²) in [7, 11) is -0.372. The second-order valence-corrected chi connectivity index (χ2v) is 5.14. The molecule has 0 saturated heterocycles. The van der Waals surface area contributed by atoms with Crippen molar-refractivity contribution in [3.63, 3.8) is 0 Å². The quantitative estimate of drug-likeness (QED) is 0.599. The maximum absolute atomic E-state index is 11.3. The molecule has 0 saturated carbocycles. The lowest BCUT2D eigenvalue weighted by Crippen LogP contribution is -2.36. The summed E-state index contributed by atoms with van der Waals surface area (Å²) in [6.07, 6.45) is 0. The Hall–Kier alpha value is -0.240. The molecule has 7 heteroatoms.